The summed E-state index contributed by atoms with van der Waals surface area (Å²) < 4.78 is 11.6. The third-order valence-electron chi connectivity index (χ3n) is 5.34. The zero-order valence-corrected chi connectivity index (χ0v) is 17.3. The van der Waals surface area contributed by atoms with Crippen LogP contribution in [-0.4, -0.2) is 20.0 Å². The smallest absolute Gasteiger partial charge is 0.167 e. The fraction of sp³-hybridized carbons (Fsp3) is 0.522. The summed E-state index contributed by atoms with van der Waals surface area (Å²) in [5, 5.41) is 2.12. The standard InChI is InChI=1S/C23H30O3/c1-22(2,3)15-11-13-12-16(23(4,5)6)21(26-8)19-17(24)10-9-14(18(13)19)20(15)25-7/h11-12H,9-10H2,1-8H3. The van der Waals surface area contributed by atoms with Crippen LogP contribution in [0.2, 0.25) is 0 Å². The Labute approximate surface area is 156 Å². The van der Waals surface area contributed by atoms with E-state index in [1.807, 2.05) is 0 Å². The number of hydrogen-bond acceptors (Lipinski definition) is 3. The number of carbonyl (C=O) groups is 1. The molecule has 140 valence electrons. The van der Waals surface area contributed by atoms with Crippen LogP contribution in [0, 0.1) is 0 Å². The minimum atomic E-state index is -0.115. The van der Waals surface area contributed by atoms with E-state index in [-0.39, 0.29) is 16.6 Å². The van der Waals surface area contributed by atoms with Gasteiger partial charge in [0.2, 0.25) is 0 Å². The lowest BCUT2D eigenvalue weighted by Crippen LogP contribution is -2.20. The lowest BCUT2D eigenvalue weighted by atomic mass is 9.76. The van der Waals surface area contributed by atoms with Gasteiger partial charge in [-0.15, -0.1) is 0 Å². The Kier molecular flexibility index (Phi) is 4.33. The maximum Gasteiger partial charge on any atom is 0.167 e. The highest BCUT2D eigenvalue weighted by Gasteiger charge is 2.33. The van der Waals surface area contributed by atoms with Crippen LogP contribution in [0.3, 0.4) is 0 Å². The van der Waals surface area contributed by atoms with Gasteiger partial charge >= 0.3 is 0 Å². The minimum Gasteiger partial charge on any atom is -0.496 e. The summed E-state index contributed by atoms with van der Waals surface area (Å²) in [4.78, 5) is 12.9. The summed E-state index contributed by atoms with van der Waals surface area (Å²) in [7, 11) is 3.39. The molecule has 0 heterocycles. The third-order valence-corrected chi connectivity index (χ3v) is 5.34. The first kappa shape index (κ1) is 18.8. The number of rotatable bonds is 2. The molecule has 0 aliphatic heterocycles. The number of aryl methyl sites for hydroxylation is 1. The van der Waals surface area contributed by atoms with Crippen molar-refractivity contribution >= 4 is 16.6 Å². The van der Waals surface area contributed by atoms with Crippen LogP contribution in [0.5, 0.6) is 11.5 Å². The van der Waals surface area contributed by atoms with Crippen LogP contribution in [0.1, 0.15) is 75.0 Å². The van der Waals surface area contributed by atoms with Gasteiger partial charge in [-0.25, -0.2) is 0 Å². The average molecular weight is 354 g/mol. The highest BCUT2D eigenvalue weighted by molar-refractivity contribution is 6.15. The van der Waals surface area contributed by atoms with Gasteiger partial charge in [-0.05, 0) is 34.8 Å². The van der Waals surface area contributed by atoms with Gasteiger partial charge in [0.05, 0.1) is 19.8 Å². The van der Waals surface area contributed by atoms with Crippen LogP contribution in [-0.2, 0) is 17.3 Å². The zero-order chi connectivity index (χ0) is 19.4. The predicted molar refractivity (Wildman–Crippen MR) is 107 cm³/mol. The lowest BCUT2D eigenvalue weighted by Gasteiger charge is -2.31. The molecular weight excluding hydrogens is 324 g/mol. The monoisotopic (exact) mass is 354 g/mol. The molecular formula is C23H30O3. The van der Waals surface area contributed by atoms with E-state index in [2.05, 4.69) is 53.7 Å². The maximum absolute atomic E-state index is 12.9. The Balaban J connectivity index is 2.56. The Morgan fingerprint density at radius 1 is 0.808 bits per heavy atom. The van der Waals surface area contributed by atoms with E-state index in [0.717, 1.165) is 39.0 Å². The molecule has 1 aliphatic carbocycles. The molecule has 0 atom stereocenters. The maximum atomic E-state index is 12.9. The molecule has 2 aromatic rings. The fourth-order valence-corrected chi connectivity index (χ4v) is 4.05. The molecule has 3 heteroatoms. The number of hydrogen-bond donors (Lipinski definition) is 0. The number of Topliss-reactive ketones (excluding diaryl/α,β-unsaturated/α-hetero) is 1. The van der Waals surface area contributed by atoms with Gasteiger partial charge in [0.15, 0.2) is 5.78 Å². The van der Waals surface area contributed by atoms with Crippen molar-refractivity contribution in [3.05, 3.63) is 34.4 Å². The first-order valence-corrected chi connectivity index (χ1v) is 9.29. The summed E-state index contributed by atoms with van der Waals surface area (Å²) in [6.45, 7) is 13.1. The second kappa shape index (κ2) is 6.00. The summed E-state index contributed by atoms with van der Waals surface area (Å²) in [5.41, 5.74) is 3.98. The molecule has 0 amide bonds. The van der Waals surface area contributed by atoms with Crippen molar-refractivity contribution in [1.29, 1.82) is 0 Å². The van der Waals surface area contributed by atoms with E-state index in [1.165, 1.54) is 5.56 Å². The van der Waals surface area contributed by atoms with E-state index in [1.54, 1.807) is 14.2 Å². The predicted octanol–water partition coefficient (Wildman–Crippen LogP) is 5.58. The molecule has 1 aliphatic rings. The van der Waals surface area contributed by atoms with Crippen molar-refractivity contribution in [2.45, 2.75) is 65.2 Å². The Morgan fingerprint density at radius 3 is 1.77 bits per heavy atom. The number of ether oxygens (including phenoxy) is 2. The van der Waals surface area contributed by atoms with Crippen molar-refractivity contribution in [3.63, 3.8) is 0 Å². The quantitative estimate of drug-likeness (QED) is 0.706. The Hall–Kier alpha value is -2.03. The zero-order valence-electron chi connectivity index (χ0n) is 17.3. The number of benzene rings is 2. The first-order chi connectivity index (χ1) is 12.0. The molecule has 0 bridgehead atoms. The van der Waals surface area contributed by atoms with Gasteiger partial charge in [-0.3, -0.25) is 4.79 Å². The van der Waals surface area contributed by atoms with Crippen molar-refractivity contribution in [2.24, 2.45) is 0 Å². The number of ketones is 1. The molecule has 0 fully saturated rings. The fourth-order valence-electron chi connectivity index (χ4n) is 4.05. The van der Waals surface area contributed by atoms with Crippen LogP contribution >= 0.6 is 0 Å². The Bertz CT molecular complexity index is 888. The summed E-state index contributed by atoms with van der Waals surface area (Å²) in [5.74, 6) is 1.81. The second-order valence-electron chi connectivity index (χ2n) is 9.29. The molecule has 0 aromatic heterocycles. The molecule has 3 nitrogen and oxygen atoms in total. The SMILES string of the molecule is COc1c(C(C)(C)C)cc2cc(C(C)(C)C)c(OC)c3c2c1CCC3=O. The summed E-state index contributed by atoms with van der Waals surface area (Å²) in [6.07, 6.45) is 1.21. The second-order valence-corrected chi connectivity index (χ2v) is 9.29. The van der Waals surface area contributed by atoms with Gasteiger partial charge in [0, 0.05) is 28.5 Å². The topological polar surface area (TPSA) is 35.5 Å². The van der Waals surface area contributed by atoms with E-state index >= 15 is 0 Å². The summed E-state index contributed by atoms with van der Waals surface area (Å²) in [6, 6.07) is 4.41. The molecule has 0 radical (unpaired) electrons. The van der Waals surface area contributed by atoms with Gasteiger partial charge in [0.1, 0.15) is 11.5 Å². The molecule has 2 aromatic carbocycles. The molecule has 0 N–H and O–H groups in total. The minimum absolute atomic E-state index is 0.0422. The van der Waals surface area contributed by atoms with E-state index in [9.17, 15) is 4.79 Å². The molecule has 0 unspecified atom stereocenters. The summed E-state index contributed by atoms with van der Waals surface area (Å²) >= 11 is 0. The van der Waals surface area contributed by atoms with Crippen molar-refractivity contribution in [2.75, 3.05) is 14.2 Å². The molecule has 26 heavy (non-hydrogen) atoms. The van der Waals surface area contributed by atoms with E-state index in [4.69, 9.17) is 9.47 Å². The van der Waals surface area contributed by atoms with Crippen molar-refractivity contribution in [1.82, 2.24) is 0 Å². The first-order valence-electron chi connectivity index (χ1n) is 9.29. The normalized spacial score (nSPS) is 14.7. The number of methoxy groups -OCH3 is 2. The average Bonchev–Trinajstić information content (AvgIpc) is 2.54. The highest BCUT2D eigenvalue weighted by atomic mass is 16.5. The van der Waals surface area contributed by atoms with Crippen LogP contribution in [0.25, 0.3) is 10.8 Å². The molecule has 3 rings (SSSR count). The van der Waals surface area contributed by atoms with Crippen molar-refractivity contribution < 1.29 is 14.3 Å². The lowest BCUT2D eigenvalue weighted by molar-refractivity contribution is 0.0978. The molecule has 0 saturated heterocycles. The van der Waals surface area contributed by atoms with Gasteiger partial charge < -0.3 is 9.47 Å². The van der Waals surface area contributed by atoms with Crippen LogP contribution < -0.4 is 9.47 Å². The van der Waals surface area contributed by atoms with Gasteiger partial charge in [0.25, 0.3) is 0 Å². The van der Waals surface area contributed by atoms with E-state index < -0.39 is 0 Å². The largest absolute Gasteiger partial charge is 0.496 e. The van der Waals surface area contributed by atoms with Gasteiger partial charge in [-0.2, -0.15) is 0 Å². The van der Waals surface area contributed by atoms with Crippen LogP contribution in [0.4, 0.5) is 0 Å². The van der Waals surface area contributed by atoms with Gasteiger partial charge in [-0.1, -0.05) is 41.5 Å². The molecule has 0 spiro atoms. The highest BCUT2D eigenvalue weighted by Crippen LogP contribution is 2.47. The molecule has 0 saturated carbocycles. The number of carbonyl (C=O) groups excluding carboxylic acids is 1. The Morgan fingerprint density at radius 2 is 1.31 bits per heavy atom. The third kappa shape index (κ3) is 2.78. The van der Waals surface area contributed by atoms with E-state index in [0.29, 0.717) is 12.8 Å². The van der Waals surface area contributed by atoms with Crippen LogP contribution in [0.15, 0.2) is 12.1 Å². The van der Waals surface area contributed by atoms with Crippen molar-refractivity contribution in [3.8, 4) is 11.5 Å².